The fourth-order valence-corrected chi connectivity index (χ4v) is 2.56. The molecule has 0 aromatic heterocycles. The van der Waals surface area contributed by atoms with Gasteiger partial charge in [0, 0.05) is 30.0 Å². The Morgan fingerprint density at radius 2 is 2.12 bits per heavy atom. The van der Waals surface area contributed by atoms with Gasteiger partial charge in [-0.1, -0.05) is 22.0 Å². The molecule has 0 saturated heterocycles. The molecule has 2 nitrogen and oxygen atoms in total. The van der Waals surface area contributed by atoms with Gasteiger partial charge in [0.25, 0.3) is 0 Å². The van der Waals surface area contributed by atoms with E-state index in [1.807, 2.05) is 0 Å². The second kappa shape index (κ2) is 6.62. The van der Waals surface area contributed by atoms with Crippen LogP contribution in [0.4, 0.5) is 5.69 Å². The molecule has 0 heterocycles. The van der Waals surface area contributed by atoms with E-state index in [-0.39, 0.29) is 0 Å². The van der Waals surface area contributed by atoms with Gasteiger partial charge in [0.2, 0.25) is 0 Å². The van der Waals surface area contributed by atoms with Crippen LogP contribution in [0.5, 0.6) is 0 Å². The molecular weight excluding hydrogens is 334 g/mol. The predicted octanol–water partition coefficient (Wildman–Crippen LogP) is 3.82. The second-order valence-electron chi connectivity index (χ2n) is 3.83. The van der Waals surface area contributed by atoms with Crippen molar-refractivity contribution in [1.29, 1.82) is 0 Å². The number of rotatable bonds is 5. The van der Waals surface area contributed by atoms with E-state index in [4.69, 9.17) is 4.74 Å². The summed E-state index contributed by atoms with van der Waals surface area (Å²) >= 11 is 7.06. The summed E-state index contributed by atoms with van der Waals surface area (Å²) in [6, 6.07) is 6.76. The minimum atomic E-state index is 0.358. The molecule has 1 aromatic rings. The minimum absolute atomic E-state index is 0.358. The maximum absolute atomic E-state index is 5.17. The molecule has 1 atom stereocenters. The van der Waals surface area contributed by atoms with Gasteiger partial charge in [-0.05, 0) is 40.5 Å². The number of hydrogen-bond acceptors (Lipinski definition) is 2. The SMILES string of the molecule is COCC(C)N(C)c1ccc(CBr)cc1Br. The Bertz CT molecular complexity index is 344. The van der Waals surface area contributed by atoms with Crippen LogP contribution in [0.2, 0.25) is 0 Å². The Morgan fingerprint density at radius 1 is 1.44 bits per heavy atom. The molecule has 0 saturated carbocycles. The van der Waals surface area contributed by atoms with E-state index in [0.717, 1.165) is 16.4 Å². The zero-order chi connectivity index (χ0) is 12.1. The highest BCUT2D eigenvalue weighted by Gasteiger charge is 2.12. The number of halogens is 2. The lowest BCUT2D eigenvalue weighted by molar-refractivity contribution is 0.183. The van der Waals surface area contributed by atoms with Gasteiger partial charge in [0.15, 0.2) is 0 Å². The van der Waals surface area contributed by atoms with Gasteiger partial charge in [0.1, 0.15) is 0 Å². The van der Waals surface area contributed by atoms with Crippen molar-refractivity contribution >= 4 is 37.5 Å². The van der Waals surface area contributed by atoms with Crippen LogP contribution in [-0.2, 0) is 10.1 Å². The van der Waals surface area contributed by atoms with E-state index < -0.39 is 0 Å². The van der Waals surface area contributed by atoms with E-state index >= 15 is 0 Å². The lowest BCUT2D eigenvalue weighted by atomic mass is 10.2. The van der Waals surface area contributed by atoms with Crippen LogP contribution in [0.1, 0.15) is 12.5 Å². The van der Waals surface area contributed by atoms with Crippen LogP contribution in [0.25, 0.3) is 0 Å². The van der Waals surface area contributed by atoms with Gasteiger partial charge in [-0.25, -0.2) is 0 Å². The molecule has 0 aliphatic carbocycles. The molecule has 1 unspecified atom stereocenters. The molecule has 0 fully saturated rings. The topological polar surface area (TPSA) is 12.5 Å². The average molecular weight is 351 g/mol. The first-order chi connectivity index (χ1) is 7.60. The van der Waals surface area contributed by atoms with Gasteiger partial charge in [-0.15, -0.1) is 0 Å². The zero-order valence-corrected chi connectivity index (χ0v) is 13.0. The number of methoxy groups -OCH3 is 1. The Morgan fingerprint density at radius 3 is 2.62 bits per heavy atom. The summed E-state index contributed by atoms with van der Waals surface area (Å²) in [5.74, 6) is 0. The molecule has 0 spiro atoms. The average Bonchev–Trinajstić information content (AvgIpc) is 2.28. The first-order valence-corrected chi connectivity index (χ1v) is 7.07. The Labute approximate surface area is 114 Å². The smallest absolute Gasteiger partial charge is 0.0663 e. The van der Waals surface area contributed by atoms with Crippen molar-refractivity contribution in [3.05, 3.63) is 28.2 Å². The predicted molar refractivity (Wildman–Crippen MR) is 76.5 cm³/mol. The number of anilines is 1. The number of likely N-dealkylation sites (N-methyl/N-ethyl adjacent to an activating group) is 1. The van der Waals surface area contributed by atoms with Crippen LogP contribution in [-0.4, -0.2) is 26.8 Å². The Hall–Kier alpha value is -0.0600. The Balaban J connectivity index is 2.87. The summed E-state index contributed by atoms with van der Waals surface area (Å²) in [6.07, 6.45) is 0. The number of nitrogens with zero attached hydrogens (tertiary/aromatic N) is 1. The molecule has 1 rings (SSSR count). The fraction of sp³-hybridized carbons (Fsp3) is 0.500. The molecule has 90 valence electrons. The highest BCUT2D eigenvalue weighted by molar-refractivity contribution is 9.10. The quantitative estimate of drug-likeness (QED) is 0.748. The van der Waals surface area contributed by atoms with Crippen LogP contribution >= 0.6 is 31.9 Å². The molecule has 0 amide bonds. The number of alkyl halides is 1. The van der Waals surface area contributed by atoms with Crippen molar-refractivity contribution < 1.29 is 4.74 Å². The molecule has 0 radical (unpaired) electrons. The largest absolute Gasteiger partial charge is 0.383 e. The summed E-state index contributed by atoms with van der Waals surface area (Å²) in [6.45, 7) is 2.87. The summed E-state index contributed by atoms with van der Waals surface area (Å²) in [5.41, 5.74) is 2.46. The fourth-order valence-electron chi connectivity index (χ4n) is 1.51. The lowest BCUT2D eigenvalue weighted by Gasteiger charge is -2.27. The highest BCUT2D eigenvalue weighted by atomic mass is 79.9. The molecule has 4 heteroatoms. The lowest BCUT2D eigenvalue weighted by Crippen LogP contribution is -2.32. The van der Waals surface area contributed by atoms with Crippen LogP contribution in [0.15, 0.2) is 22.7 Å². The van der Waals surface area contributed by atoms with E-state index in [1.165, 1.54) is 11.3 Å². The van der Waals surface area contributed by atoms with Crippen LogP contribution in [0.3, 0.4) is 0 Å². The number of hydrogen-bond donors (Lipinski definition) is 0. The summed E-state index contributed by atoms with van der Waals surface area (Å²) in [5, 5.41) is 0.878. The maximum atomic E-state index is 5.17. The first kappa shape index (κ1) is 14.0. The van der Waals surface area contributed by atoms with Crippen molar-refractivity contribution in [2.45, 2.75) is 18.3 Å². The number of benzene rings is 1. The van der Waals surface area contributed by atoms with E-state index in [1.54, 1.807) is 7.11 Å². The van der Waals surface area contributed by atoms with Crippen molar-refractivity contribution in [2.75, 3.05) is 25.7 Å². The second-order valence-corrected chi connectivity index (χ2v) is 5.25. The molecule has 0 bridgehead atoms. The van der Waals surface area contributed by atoms with Gasteiger partial charge in [-0.2, -0.15) is 0 Å². The van der Waals surface area contributed by atoms with E-state index in [9.17, 15) is 0 Å². The zero-order valence-electron chi connectivity index (χ0n) is 9.84. The van der Waals surface area contributed by atoms with Crippen molar-refractivity contribution in [1.82, 2.24) is 0 Å². The monoisotopic (exact) mass is 349 g/mol. The molecule has 0 aliphatic heterocycles. The van der Waals surface area contributed by atoms with Crippen LogP contribution < -0.4 is 4.90 Å². The molecule has 1 aromatic carbocycles. The van der Waals surface area contributed by atoms with Gasteiger partial charge < -0.3 is 9.64 Å². The van der Waals surface area contributed by atoms with E-state index in [0.29, 0.717) is 6.04 Å². The first-order valence-electron chi connectivity index (χ1n) is 5.16. The molecule has 0 aliphatic rings. The summed E-state index contributed by atoms with van der Waals surface area (Å²) in [7, 11) is 3.81. The highest BCUT2D eigenvalue weighted by Crippen LogP contribution is 2.28. The Kier molecular flexibility index (Phi) is 5.79. The minimum Gasteiger partial charge on any atom is -0.383 e. The molecular formula is C12H17Br2NO. The van der Waals surface area contributed by atoms with Gasteiger partial charge in [-0.3, -0.25) is 0 Å². The van der Waals surface area contributed by atoms with Crippen molar-refractivity contribution in [3.63, 3.8) is 0 Å². The standard InChI is InChI=1S/C12H17Br2NO/c1-9(8-16-3)15(2)12-5-4-10(7-13)6-11(12)14/h4-6,9H,7-8H2,1-3H3. The summed E-state index contributed by atoms with van der Waals surface area (Å²) < 4.78 is 6.29. The third-order valence-corrected chi connectivity index (χ3v) is 3.90. The number of ether oxygens (including phenoxy) is 1. The van der Waals surface area contributed by atoms with Crippen molar-refractivity contribution in [2.24, 2.45) is 0 Å². The van der Waals surface area contributed by atoms with E-state index in [2.05, 4.69) is 68.9 Å². The third kappa shape index (κ3) is 3.47. The summed E-state index contributed by atoms with van der Waals surface area (Å²) in [4.78, 5) is 2.21. The van der Waals surface area contributed by atoms with Crippen molar-refractivity contribution in [3.8, 4) is 0 Å². The van der Waals surface area contributed by atoms with Gasteiger partial charge >= 0.3 is 0 Å². The maximum Gasteiger partial charge on any atom is 0.0663 e. The molecule has 0 N–H and O–H groups in total. The molecule has 16 heavy (non-hydrogen) atoms. The normalized spacial score (nSPS) is 12.6. The third-order valence-electron chi connectivity index (χ3n) is 2.62. The van der Waals surface area contributed by atoms with Crippen LogP contribution in [0, 0.1) is 0 Å². The van der Waals surface area contributed by atoms with Gasteiger partial charge in [0.05, 0.1) is 12.3 Å².